The minimum absolute atomic E-state index is 0.111. The molecule has 0 fully saturated rings. The lowest BCUT2D eigenvalue weighted by Crippen LogP contribution is -2.11. The highest BCUT2D eigenvalue weighted by Gasteiger charge is 2.12. The Bertz CT molecular complexity index is 564. The highest BCUT2D eigenvalue weighted by Crippen LogP contribution is 2.28. The maximum absolute atomic E-state index is 13.1. The van der Waals surface area contributed by atoms with Crippen LogP contribution in [0.25, 0.3) is 0 Å². The minimum atomic E-state index is -0.223. The molecule has 0 bridgehead atoms. The largest absolute Gasteiger partial charge is 0.378 e. The molecule has 0 radical (unpaired) electrons. The lowest BCUT2D eigenvalue weighted by molar-refractivity contribution is 0.616. The molecule has 1 nitrogen and oxygen atoms in total. The zero-order chi connectivity index (χ0) is 15.2. The van der Waals surface area contributed by atoms with E-state index >= 15 is 0 Å². The Balaban J connectivity index is 2.21. The monoisotopic (exact) mass is 325 g/mol. The first kappa shape index (κ1) is 16.1. The van der Waals surface area contributed by atoms with Gasteiger partial charge in [-0.1, -0.05) is 55.1 Å². The van der Waals surface area contributed by atoms with Gasteiger partial charge in [-0.15, -0.1) is 0 Å². The Morgan fingerprint density at radius 3 is 2.24 bits per heavy atom. The van der Waals surface area contributed by atoms with Crippen LogP contribution in [-0.4, -0.2) is 0 Å². The number of benzene rings is 2. The number of rotatable bonds is 6. The summed E-state index contributed by atoms with van der Waals surface area (Å²) in [7, 11) is 0. The molecular formula is C17H18Cl2FN. The van der Waals surface area contributed by atoms with Gasteiger partial charge in [-0.3, -0.25) is 0 Å². The Morgan fingerprint density at radius 2 is 1.67 bits per heavy atom. The van der Waals surface area contributed by atoms with Crippen molar-refractivity contribution in [3.05, 3.63) is 63.9 Å². The summed E-state index contributed by atoms with van der Waals surface area (Å²) in [5.41, 5.74) is 1.93. The molecule has 0 aliphatic heterocycles. The van der Waals surface area contributed by atoms with Crippen LogP contribution in [0.4, 0.5) is 10.1 Å². The molecule has 0 aromatic heterocycles. The Hall–Kier alpha value is -1.25. The van der Waals surface area contributed by atoms with Crippen molar-refractivity contribution in [3.8, 4) is 0 Å². The van der Waals surface area contributed by atoms with Gasteiger partial charge < -0.3 is 5.32 Å². The third-order valence-electron chi connectivity index (χ3n) is 3.32. The summed E-state index contributed by atoms with van der Waals surface area (Å²) in [5, 5.41) is 4.63. The molecule has 1 unspecified atom stereocenters. The summed E-state index contributed by atoms with van der Waals surface area (Å²) in [6.07, 6.45) is 3.16. The van der Waals surface area contributed by atoms with Crippen molar-refractivity contribution >= 4 is 28.9 Å². The molecule has 0 saturated heterocycles. The van der Waals surface area contributed by atoms with Crippen molar-refractivity contribution in [1.82, 2.24) is 0 Å². The van der Waals surface area contributed by atoms with Crippen LogP contribution in [-0.2, 0) is 0 Å². The van der Waals surface area contributed by atoms with E-state index in [1.54, 1.807) is 6.07 Å². The van der Waals surface area contributed by atoms with Gasteiger partial charge in [0.15, 0.2) is 0 Å². The molecule has 0 aliphatic rings. The molecular weight excluding hydrogens is 308 g/mol. The maximum Gasteiger partial charge on any atom is 0.123 e. The van der Waals surface area contributed by atoms with Crippen molar-refractivity contribution in [3.63, 3.8) is 0 Å². The summed E-state index contributed by atoms with van der Waals surface area (Å²) in [5.74, 6) is -0.223. The van der Waals surface area contributed by atoms with Crippen LogP contribution >= 0.6 is 23.2 Å². The average Bonchev–Trinajstić information content (AvgIpc) is 2.43. The third kappa shape index (κ3) is 4.90. The van der Waals surface area contributed by atoms with Gasteiger partial charge in [-0.2, -0.15) is 0 Å². The SMILES string of the molecule is CCCCC(Nc1cc(Cl)cc(Cl)c1)c1ccc(F)cc1. The van der Waals surface area contributed by atoms with Gasteiger partial charge in [0, 0.05) is 15.7 Å². The van der Waals surface area contributed by atoms with Crippen LogP contribution in [0.1, 0.15) is 37.8 Å². The minimum Gasteiger partial charge on any atom is -0.378 e. The summed E-state index contributed by atoms with van der Waals surface area (Å²) in [6.45, 7) is 2.15. The van der Waals surface area contributed by atoms with Crippen LogP contribution in [0.15, 0.2) is 42.5 Å². The molecule has 2 aromatic carbocycles. The molecule has 0 saturated carbocycles. The molecule has 112 valence electrons. The molecule has 1 N–H and O–H groups in total. The summed E-state index contributed by atoms with van der Waals surface area (Å²) in [4.78, 5) is 0. The zero-order valence-electron chi connectivity index (χ0n) is 11.9. The van der Waals surface area contributed by atoms with E-state index in [4.69, 9.17) is 23.2 Å². The number of halogens is 3. The van der Waals surface area contributed by atoms with Gasteiger partial charge in [0.25, 0.3) is 0 Å². The van der Waals surface area contributed by atoms with E-state index in [-0.39, 0.29) is 11.9 Å². The molecule has 0 heterocycles. The van der Waals surface area contributed by atoms with Crippen molar-refractivity contribution < 1.29 is 4.39 Å². The Labute approximate surface area is 135 Å². The average molecular weight is 326 g/mol. The van der Waals surface area contributed by atoms with E-state index in [0.717, 1.165) is 30.5 Å². The second-order valence-corrected chi connectivity index (χ2v) is 5.92. The summed E-state index contributed by atoms with van der Waals surface area (Å²) in [6, 6.07) is 12.1. The summed E-state index contributed by atoms with van der Waals surface area (Å²) >= 11 is 12.1. The molecule has 0 aliphatic carbocycles. The fraction of sp³-hybridized carbons (Fsp3) is 0.294. The predicted molar refractivity (Wildman–Crippen MR) is 88.8 cm³/mol. The maximum atomic E-state index is 13.1. The van der Waals surface area contributed by atoms with E-state index in [0.29, 0.717) is 10.0 Å². The van der Waals surface area contributed by atoms with Crippen molar-refractivity contribution in [2.75, 3.05) is 5.32 Å². The summed E-state index contributed by atoms with van der Waals surface area (Å²) < 4.78 is 13.1. The van der Waals surface area contributed by atoms with Crippen LogP contribution in [0.3, 0.4) is 0 Å². The first-order valence-corrected chi connectivity index (χ1v) is 7.82. The van der Waals surface area contributed by atoms with Crippen molar-refractivity contribution in [2.24, 2.45) is 0 Å². The van der Waals surface area contributed by atoms with E-state index in [1.165, 1.54) is 12.1 Å². The number of nitrogens with one attached hydrogen (secondary N) is 1. The van der Waals surface area contributed by atoms with Crippen LogP contribution in [0, 0.1) is 5.82 Å². The third-order valence-corrected chi connectivity index (χ3v) is 3.76. The fourth-order valence-electron chi connectivity index (χ4n) is 2.26. The molecule has 0 amide bonds. The van der Waals surface area contributed by atoms with Gasteiger partial charge in [0.05, 0.1) is 6.04 Å². The van der Waals surface area contributed by atoms with Crippen molar-refractivity contribution in [1.29, 1.82) is 0 Å². The van der Waals surface area contributed by atoms with Crippen LogP contribution in [0.5, 0.6) is 0 Å². The number of unbranched alkanes of at least 4 members (excludes halogenated alkanes) is 1. The first-order chi connectivity index (χ1) is 10.1. The molecule has 4 heteroatoms. The second kappa shape index (κ2) is 7.67. The molecule has 0 spiro atoms. The quantitative estimate of drug-likeness (QED) is 0.641. The Kier molecular flexibility index (Phi) is 5.89. The lowest BCUT2D eigenvalue weighted by atomic mass is 10.0. The van der Waals surface area contributed by atoms with Gasteiger partial charge in [0.2, 0.25) is 0 Å². The highest BCUT2D eigenvalue weighted by molar-refractivity contribution is 6.35. The van der Waals surface area contributed by atoms with Gasteiger partial charge in [-0.05, 0) is 42.3 Å². The van der Waals surface area contributed by atoms with E-state index < -0.39 is 0 Å². The van der Waals surface area contributed by atoms with Gasteiger partial charge in [-0.25, -0.2) is 4.39 Å². The fourth-order valence-corrected chi connectivity index (χ4v) is 2.79. The highest BCUT2D eigenvalue weighted by atomic mass is 35.5. The van der Waals surface area contributed by atoms with Gasteiger partial charge >= 0.3 is 0 Å². The lowest BCUT2D eigenvalue weighted by Gasteiger charge is -2.21. The molecule has 2 rings (SSSR count). The van der Waals surface area contributed by atoms with Gasteiger partial charge in [0.1, 0.15) is 5.82 Å². The second-order valence-electron chi connectivity index (χ2n) is 5.05. The number of hydrogen-bond donors (Lipinski definition) is 1. The predicted octanol–water partition coefficient (Wildman–Crippen LogP) is 6.48. The molecule has 2 aromatic rings. The molecule has 21 heavy (non-hydrogen) atoms. The first-order valence-electron chi connectivity index (χ1n) is 7.06. The van der Waals surface area contributed by atoms with E-state index in [1.807, 2.05) is 24.3 Å². The molecule has 1 atom stereocenters. The number of anilines is 1. The van der Waals surface area contributed by atoms with Crippen molar-refractivity contribution in [2.45, 2.75) is 32.2 Å². The Morgan fingerprint density at radius 1 is 1.05 bits per heavy atom. The standard InChI is InChI=1S/C17H18Cl2FN/c1-2-3-4-17(12-5-7-15(20)8-6-12)21-16-10-13(18)9-14(19)11-16/h5-11,17,21H,2-4H2,1H3. The zero-order valence-corrected chi connectivity index (χ0v) is 13.4. The van der Waals surface area contributed by atoms with E-state index in [2.05, 4.69) is 12.2 Å². The smallest absolute Gasteiger partial charge is 0.123 e. The van der Waals surface area contributed by atoms with Crippen LogP contribution < -0.4 is 5.32 Å². The number of hydrogen-bond acceptors (Lipinski definition) is 1. The topological polar surface area (TPSA) is 12.0 Å². The van der Waals surface area contributed by atoms with E-state index in [9.17, 15) is 4.39 Å². The van der Waals surface area contributed by atoms with Crippen LogP contribution in [0.2, 0.25) is 10.0 Å². The normalized spacial score (nSPS) is 12.2.